The first-order valence-electron chi connectivity index (χ1n) is 3.28. The summed E-state index contributed by atoms with van der Waals surface area (Å²) in [6, 6.07) is 0. The molecular weight excluding hydrogens is 516 g/mol. The van der Waals surface area contributed by atoms with Crippen molar-refractivity contribution in [3.8, 4) is 0 Å². The summed E-state index contributed by atoms with van der Waals surface area (Å²) in [6.45, 7) is 0. The Morgan fingerprint density at radius 1 is 0.500 bits per heavy atom. The Labute approximate surface area is 130 Å². The van der Waals surface area contributed by atoms with Crippen molar-refractivity contribution in [2.75, 3.05) is 0 Å². The van der Waals surface area contributed by atoms with Crippen LogP contribution in [-0.2, 0) is 0 Å². The molecule has 2 aliphatic rings. The molecule has 0 radical (unpaired) electrons. The third kappa shape index (κ3) is 2.93. The Hall–Kier alpha value is 2.70. The Kier molecular flexibility index (Phi) is 5.22. The molecule has 14 heavy (non-hydrogen) atoms. The average Bonchev–Trinajstić information content (AvgIpc) is 2.60. The zero-order valence-corrected chi connectivity index (χ0v) is 16.9. The van der Waals surface area contributed by atoms with Gasteiger partial charge in [0.15, 0.2) is 0 Å². The van der Waals surface area contributed by atoms with E-state index in [0.717, 1.165) is 0 Å². The fraction of sp³-hybridized carbons (Fsp3) is 0. The molecule has 0 bridgehead atoms. The quantitative estimate of drug-likeness (QED) is 0.266. The number of thiol groups is 4. The maximum atomic E-state index is 4.46. The summed E-state index contributed by atoms with van der Waals surface area (Å²) in [5, 5.41) is 0. The molecule has 2 aliphatic heterocycles. The minimum atomic E-state index is 0.464. The van der Waals surface area contributed by atoms with Crippen LogP contribution in [0.3, 0.4) is 0 Å². The van der Waals surface area contributed by atoms with Crippen LogP contribution < -0.4 is 0 Å². The van der Waals surface area contributed by atoms with Crippen molar-refractivity contribution in [3.05, 3.63) is 22.0 Å². The van der Waals surface area contributed by atoms with Crippen molar-refractivity contribution >= 4 is 110 Å². The van der Waals surface area contributed by atoms with Crippen molar-refractivity contribution in [2.24, 2.45) is 0 Å². The van der Waals surface area contributed by atoms with Gasteiger partial charge in [-0.2, -0.15) is 0 Å². The summed E-state index contributed by atoms with van der Waals surface area (Å²) in [4.78, 5) is 0. The third-order valence-electron chi connectivity index (χ3n) is 1.29. The van der Waals surface area contributed by atoms with Gasteiger partial charge in [-0.15, -0.1) is 0 Å². The maximum absolute atomic E-state index is 4.46. The van der Waals surface area contributed by atoms with Crippen molar-refractivity contribution in [3.63, 3.8) is 0 Å². The monoisotopic (exact) mass is 524 g/mol. The van der Waals surface area contributed by atoms with E-state index < -0.39 is 0 Å². The first kappa shape index (κ1) is 13.1. The number of hydrogen-bond acceptors (Lipinski definition) is 4. The van der Waals surface area contributed by atoms with Gasteiger partial charge in [-0.1, -0.05) is 0 Å². The first-order valence-corrected chi connectivity index (χ1v) is 11.9. The van der Waals surface area contributed by atoms with Gasteiger partial charge >= 0.3 is 132 Å². The van der Waals surface area contributed by atoms with E-state index >= 15 is 0 Å². The van der Waals surface area contributed by atoms with Crippen LogP contribution >= 0.6 is 50.5 Å². The van der Waals surface area contributed by atoms with Crippen molar-refractivity contribution in [1.29, 1.82) is 0 Å². The normalized spacial score (nSPS) is 23.1. The molecule has 0 amide bonds. The van der Waals surface area contributed by atoms with Gasteiger partial charge in [-0.25, -0.2) is 0 Å². The molecule has 0 atom stereocenters. The van der Waals surface area contributed by atoms with Gasteiger partial charge < -0.3 is 0 Å². The predicted molar refractivity (Wildman–Crippen MR) is 80.0 cm³/mol. The van der Waals surface area contributed by atoms with E-state index in [1.165, 1.54) is 15.2 Å². The summed E-state index contributed by atoms with van der Waals surface area (Å²) in [5.74, 6) is 0. The van der Waals surface area contributed by atoms with Crippen LogP contribution in [0.1, 0.15) is 0 Å². The fourth-order valence-electron chi connectivity index (χ4n) is 0.734. The molecule has 76 valence electrons. The molecule has 0 saturated carbocycles. The van der Waals surface area contributed by atoms with Gasteiger partial charge in [-0.3, -0.25) is 0 Å². The van der Waals surface area contributed by atoms with Gasteiger partial charge in [0.05, 0.1) is 0 Å². The van der Waals surface area contributed by atoms with E-state index in [4.69, 9.17) is 0 Å². The van der Waals surface area contributed by atoms with E-state index in [1.807, 2.05) is 0 Å². The topological polar surface area (TPSA) is 0 Å². The van der Waals surface area contributed by atoms with Gasteiger partial charge in [-0.05, 0) is 0 Å². The van der Waals surface area contributed by atoms with Gasteiger partial charge in [0.1, 0.15) is 0 Å². The van der Waals surface area contributed by atoms with Crippen LogP contribution in [0, 0.1) is 0 Å². The molecule has 8 heteroatoms. The second kappa shape index (κ2) is 5.56. The molecule has 0 fully saturated rings. The van der Waals surface area contributed by atoms with Crippen molar-refractivity contribution in [2.45, 2.75) is 0 Å². The van der Waals surface area contributed by atoms with Gasteiger partial charge in [0.25, 0.3) is 0 Å². The number of rotatable bonds is 0. The van der Waals surface area contributed by atoms with Crippen LogP contribution in [0.5, 0.6) is 0 Å². The summed E-state index contributed by atoms with van der Waals surface area (Å²) in [6.07, 6.45) is 0. The molecule has 2 rings (SSSR count). The zero-order chi connectivity index (χ0) is 10.3. The van der Waals surface area contributed by atoms with Crippen LogP contribution in [0.2, 0.25) is 0 Å². The molecule has 2 heterocycles. The molecule has 0 aromatic heterocycles. The Balaban J connectivity index is 2.17. The zero-order valence-electron chi connectivity index (χ0n) is 6.42. The summed E-state index contributed by atoms with van der Waals surface area (Å²) in [7, 11) is 0. The van der Waals surface area contributed by atoms with E-state index in [1.54, 1.807) is 6.74 Å². The van der Waals surface area contributed by atoms with Crippen LogP contribution in [-0.4, -0.2) is 59.8 Å². The fourth-order valence-corrected chi connectivity index (χ4v) is 19.5. The summed E-state index contributed by atoms with van der Waals surface area (Å²) < 4.78 is 8.20. The SMILES string of the molecule is SC1=C(S)[Se]C(=C2[Se]C(S)=C(S)[Se]2)[Se]1. The summed E-state index contributed by atoms with van der Waals surface area (Å²) in [5.41, 5.74) is 0. The summed E-state index contributed by atoms with van der Waals surface area (Å²) >= 11 is 19.7. The molecule has 0 aromatic carbocycles. The van der Waals surface area contributed by atoms with Crippen molar-refractivity contribution < 1.29 is 0 Å². The van der Waals surface area contributed by atoms with Crippen LogP contribution in [0.25, 0.3) is 0 Å². The molecule has 0 saturated heterocycles. The molecule has 0 unspecified atom stereocenters. The van der Waals surface area contributed by atoms with Gasteiger partial charge in [0, 0.05) is 0 Å². The Morgan fingerprint density at radius 2 is 0.714 bits per heavy atom. The standard InChI is InChI=1S/C6H4S4Se4/c7-1-2(8)12-5(11-1)6-13-3(9)4(10)14-6/h7-10H. The predicted octanol–water partition coefficient (Wildman–Crippen LogP) is 0.929. The molecule has 0 nitrogen and oxygen atoms in total. The average molecular weight is 520 g/mol. The van der Waals surface area contributed by atoms with E-state index in [0.29, 0.717) is 59.8 Å². The van der Waals surface area contributed by atoms with E-state index in [9.17, 15) is 0 Å². The second-order valence-corrected chi connectivity index (χ2v) is 17.9. The van der Waals surface area contributed by atoms with Gasteiger partial charge in [0.2, 0.25) is 0 Å². The van der Waals surface area contributed by atoms with Crippen LogP contribution in [0.4, 0.5) is 0 Å². The van der Waals surface area contributed by atoms with E-state index in [2.05, 4.69) is 50.5 Å². The van der Waals surface area contributed by atoms with Crippen molar-refractivity contribution in [1.82, 2.24) is 0 Å². The molecule has 0 spiro atoms. The minimum absolute atomic E-state index is 0.464. The third-order valence-corrected chi connectivity index (χ3v) is 20.0. The first-order chi connectivity index (χ1) is 6.58. The number of hydrogen-bond donors (Lipinski definition) is 4. The van der Waals surface area contributed by atoms with E-state index in [-0.39, 0.29) is 0 Å². The molecule has 0 N–H and O–H groups in total. The van der Waals surface area contributed by atoms with Crippen LogP contribution in [0.15, 0.2) is 22.0 Å². The molecule has 0 aliphatic carbocycles. The second-order valence-electron chi connectivity index (χ2n) is 2.20. The Bertz CT molecular complexity index is 315. The Morgan fingerprint density at radius 3 is 0.929 bits per heavy atom. The molecule has 0 aromatic rings. The molecular formula is C6H4S4Se4.